The Morgan fingerprint density at radius 1 is 0.310 bits per heavy atom. The van der Waals surface area contributed by atoms with Crippen molar-refractivity contribution < 1.29 is 0 Å². The fraction of sp³-hybridized carbons (Fsp3) is 0. The predicted octanol–water partition coefficient (Wildman–Crippen LogP) is 13.9. The monoisotopic (exact) mass is 740 g/mol. The van der Waals surface area contributed by atoms with Crippen molar-refractivity contribution in [3.63, 3.8) is 0 Å². The Kier molecular flexibility index (Phi) is 8.11. The summed E-state index contributed by atoms with van der Waals surface area (Å²) in [5, 5.41) is 2.50. The first kappa shape index (κ1) is 33.5. The van der Waals surface area contributed by atoms with E-state index in [-0.39, 0.29) is 0 Å². The van der Waals surface area contributed by atoms with Crippen molar-refractivity contribution in [2.45, 2.75) is 0 Å². The van der Waals surface area contributed by atoms with Gasteiger partial charge in [-0.15, -0.1) is 0 Å². The molecule has 3 heterocycles. The number of hydrogen-bond acceptors (Lipinski definition) is 2. The minimum absolute atomic E-state index is 0.829. The number of aromatic nitrogens is 4. The van der Waals surface area contributed by atoms with Gasteiger partial charge in [-0.3, -0.25) is 4.57 Å². The lowest BCUT2D eigenvalue weighted by molar-refractivity contribution is 1.08. The van der Waals surface area contributed by atoms with Crippen molar-refractivity contribution in [1.82, 2.24) is 19.1 Å². The molecule has 8 aromatic carbocycles. The van der Waals surface area contributed by atoms with Crippen LogP contribution in [0, 0.1) is 0 Å². The third-order valence-corrected chi connectivity index (χ3v) is 11.3. The van der Waals surface area contributed by atoms with Crippen LogP contribution in [0.3, 0.4) is 0 Å². The van der Waals surface area contributed by atoms with Crippen molar-refractivity contribution in [3.05, 3.63) is 219 Å². The van der Waals surface area contributed by atoms with Crippen LogP contribution in [0.15, 0.2) is 219 Å². The van der Waals surface area contributed by atoms with Crippen molar-refractivity contribution in [2.24, 2.45) is 0 Å². The van der Waals surface area contributed by atoms with Crippen LogP contribution in [0.5, 0.6) is 0 Å². The molecule has 0 N–H and O–H groups in total. The number of pyridine rings is 1. The number of rotatable bonds is 7. The van der Waals surface area contributed by atoms with Crippen molar-refractivity contribution in [3.8, 4) is 67.3 Å². The fourth-order valence-electron chi connectivity index (χ4n) is 8.76. The van der Waals surface area contributed by atoms with Crippen LogP contribution >= 0.6 is 0 Å². The third-order valence-electron chi connectivity index (χ3n) is 11.3. The van der Waals surface area contributed by atoms with Gasteiger partial charge in [0.05, 0.1) is 16.7 Å². The zero-order chi connectivity index (χ0) is 38.4. The van der Waals surface area contributed by atoms with E-state index >= 15 is 0 Å². The van der Waals surface area contributed by atoms with Gasteiger partial charge < -0.3 is 4.57 Å². The molecule has 58 heavy (non-hydrogen) atoms. The zero-order valence-corrected chi connectivity index (χ0v) is 31.6. The Balaban J connectivity index is 1.10. The average Bonchev–Trinajstić information content (AvgIpc) is 3.86. The minimum atomic E-state index is 0.829. The van der Waals surface area contributed by atoms with Gasteiger partial charge in [0, 0.05) is 33.8 Å². The predicted molar refractivity (Wildman–Crippen MR) is 240 cm³/mol. The lowest BCUT2D eigenvalue weighted by Crippen LogP contribution is -2.00. The maximum atomic E-state index is 5.22. The smallest absolute Gasteiger partial charge is 0.164 e. The maximum absolute atomic E-state index is 5.22. The van der Waals surface area contributed by atoms with Crippen LogP contribution in [-0.4, -0.2) is 19.1 Å². The topological polar surface area (TPSA) is 35.6 Å². The molecule has 3 aromatic heterocycles. The van der Waals surface area contributed by atoms with Crippen LogP contribution in [0.1, 0.15) is 0 Å². The molecule has 0 saturated carbocycles. The summed E-state index contributed by atoms with van der Waals surface area (Å²) in [6, 6.07) is 75.7. The van der Waals surface area contributed by atoms with Gasteiger partial charge in [-0.05, 0) is 81.4 Å². The van der Waals surface area contributed by atoms with E-state index in [0.29, 0.717) is 0 Å². The standard InChI is InChI=1S/C54H36N4/c1-2-19-37(20-3-1)57-53(56-49-32-18-36-55-54(49)57)48-31-11-10-27-44(48)42-25-7-6-23-40(42)38-21-4-5-22-39(38)41-24-8-9-26-43(41)45-28-12-15-33-50(45)58-51-34-16-13-29-46(51)47-30-14-17-35-52(47)58/h1-36H. The number of benzene rings is 8. The molecule has 11 rings (SSSR count). The first-order valence-corrected chi connectivity index (χ1v) is 19.7. The van der Waals surface area contributed by atoms with Gasteiger partial charge >= 0.3 is 0 Å². The van der Waals surface area contributed by atoms with Crippen LogP contribution < -0.4 is 0 Å². The molecule has 0 aliphatic heterocycles. The fourth-order valence-corrected chi connectivity index (χ4v) is 8.76. The van der Waals surface area contributed by atoms with Crippen LogP contribution in [0.2, 0.25) is 0 Å². The molecule has 272 valence electrons. The van der Waals surface area contributed by atoms with E-state index in [0.717, 1.165) is 56.2 Å². The number of hydrogen-bond donors (Lipinski definition) is 0. The molecule has 0 spiro atoms. The first-order chi connectivity index (χ1) is 28.8. The Morgan fingerprint density at radius 2 is 0.724 bits per heavy atom. The summed E-state index contributed by atoms with van der Waals surface area (Å²) in [7, 11) is 0. The third kappa shape index (κ3) is 5.46. The highest BCUT2D eigenvalue weighted by Gasteiger charge is 2.22. The highest BCUT2D eigenvalue weighted by Crippen LogP contribution is 2.45. The zero-order valence-electron chi connectivity index (χ0n) is 31.6. The molecule has 0 unspecified atom stereocenters. The second kappa shape index (κ2) is 14.0. The molecule has 11 aromatic rings. The Bertz CT molecular complexity index is 3240. The average molecular weight is 741 g/mol. The van der Waals surface area contributed by atoms with Gasteiger partial charge in [-0.2, -0.15) is 0 Å². The van der Waals surface area contributed by atoms with Gasteiger partial charge in [0.2, 0.25) is 0 Å². The molecule has 0 fully saturated rings. The van der Waals surface area contributed by atoms with Crippen molar-refractivity contribution in [2.75, 3.05) is 0 Å². The van der Waals surface area contributed by atoms with Crippen molar-refractivity contribution in [1.29, 1.82) is 0 Å². The molecule has 0 radical (unpaired) electrons. The summed E-state index contributed by atoms with van der Waals surface area (Å²) in [6.45, 7) is 0. The quantitative estimate of drug-likeness (QED) is 0.163. The van der Waals surface area contributed by atoms with Crippen LogP contribution in [0.25, 0.3) is 100 Å². The Morgan fingerprint density at radius 3 is 1.28 bits per heavy atom. The number of fused-ring (bicyclic) bond motifs is 4. The summed E-state index contributed by atoms with van der Waals surface area (Å²) in [4.78, 5) is 10.0. The summed E-state index contributed by atoms with van der Waals surface area (Å²) in [5.74, 6) is 0.852. The van der Waals surface area contributed by atoms with Crippen LogP contribution in [-0.2, 0) is 0 Å². The molecule has 4 nitrogen and oxygen atoms in total. The summed E-state index contributed by atoms with van der Waals surface area (Å²) >= 11 is 0. The highest BCUT2D eigenvalue weighted by atomic mass is 15.1. The second-order valence-electron chi connectivity index (χ2n) is 14.5. The lowest BCUT2D eigenvalue weighted by Gasteiger charge is -2.20. The van der Waals surface area contributed by atoms with E-state index in [1.54, 1.807) is 0 Å². The largest absolute Gasteiger partial charge is 0.309 e. The minimum Gasteiger partial charge on any atom is -0.309 e. The summed E-state index contributed by atoms with van der Waals surface area (Å²) < 4.78 is 4.60. The van der Waals surface area contributed by atoms with Crippen molar-refractivity contribution >= 4 is 33.0 Å². The first-order valence-electron chi connectivity index (χ1n) is 19.7. The summed E-state index contributed by atoms with van der Waals surface area (Å²) in [6.07, 6.45) is 1.84. The molecule has 0 aliphatic carbocycles. The SMILES string of the molecule is c1ccc(-n2c(-c3ccccc3-c3ccccc3-c3ccccc3-c3ccccc3-c3ccccc3-n3c4ccccc4c4ccccc43)nc3cccnc32)cc1. The molecule has 0 atom stereocenters. The van der Waals surface area contributed by atoms with Gasteiger partial charge in [-0.1, -0.05) is 170 Å². The second-order valence-corrected chi connectivity index (χ2v) is 14.5. The molecule has 4 heteroatoms. The normalized spacial score (nSPS) is 11.4. The molecule has 0 aliphatic rings. The van der Waals surface area contributed by atoms with E-state index in [1.165, 1.54) is 44.1 Å². The number of nitrogens with zero attached hydrogens (tertiary/aromatic N) is 4. The van der Waals surface area contributed by atoms with Gasteiger partial charge in [0.15, 0.2) is 5.65 Å². The lowest BCUT2D eigenvalue weighted by atomic mass is 9.85. The highest BCUT2D eigenvalue weighted by molar-refractivity contribution is 6.10. The van der Waals surface area contributed by atoms with Gasteiger partial charge in [0.1, 0.15) is 11.3 Å². The number of imidazole rings is 1. The Labute approximate surface area is 336 Å². The molecular formula is C54H36N4. The van der Waals surface area contributed by atoms with E-state index in [2.05, 4.69) is 203 Å². The van der Waals surface area contributed by atoms with E-state index in [1.807, 2.05) is 24.4 Å². The molecule has 0 amide bonds. The van der Waals surface area contributed by atoms with E-state index < -0.39 is 0 Å². The number of para-hydroxylation sites is 4. The van der Waals surface area contributed by atoms with Gasteiger partial charge in [-0.25, -0.2) is 9.97 Å². The van der Waals surface area contributed by atoms with E-state index in [4.69, 9.17) is 9.97 Å². The van der Waals surface area contributed by atoms with E-state index in [9.17, 15) is 0 Å². The summed E-state index contributed by atoms with van der Waals surface area (Å²) in [5.41, 5.74) is 16.5. The van der Waals surface area contributed by atoms with Crippen LogP contribution in [0.4, 0.5) is 0 Å². The Hall–Kier alpha value is -7.82. The molecule has 0 bridgehead atoms. The maximum Gasteiger partial charge on any atom is 0.164 e. The molecular weight excluding hydrogens is 705 g/mol. The molecule has 0 saturated heterocycles. The van der Waals surface area contributed by atoms with Gasteiger partial charge in [0.25, 0.3) is 0 Å².